The van der Waals surface area contributed by atoms with E-state index in [1.165, 1.54) is 9.21 Å². The number of para-hydroxylation sites is 2. The highest BCUT2D eigenvalue weighted by Gasteiger charge is 2.43. The first kappa shape index (κ1) is 17.2. The van der Waals surface area contributed by atoms with Crippen molar-refractivity contribution in [2.75, 3.05) is 23.3 Å². The lowest BCUT2D eigenvalue weighted by Gasteiger charge is -2.33. The van der Waals surface area contributed by atoms with Crippen LogP contribution in [0.3, 0.4) is 0 Å². The van der Waals surface area contributed by atoms with E-state index in [9.17, 15) is 18.0 Å². The molecule has 0 aliphatic carbocycles. The first-order valence-electron chi connectivity index (χ1n) is 8.24. The number of fused-ring (bicyclic) bond motifs is 1. The van der Waals surface area contributed by atoms with Gasteiger partial charge in [-0.15, -0.1) is 11.3 Å². The monoisotopic (exact) mass is 391 g/mol. The zero-order chi connectivity index (χ0) is 18.3. The van der Waals surface area contributed by atoms with Crippen LogP contribution in [0.2, 0.25) is 0 Å². The van der Waals surface area contributed by atoms with Crippen molar-refractivity contribution >= 4 is 44.5 Å². The van der Waals surface area contributed by atoms with E-state index in [2.05, 4.69) is 5.32 Å². The average molecular weight is 391 g/mol. The van der Waals surface area contributed by atoms with E-state index in [1.807, 2.05) is 0 Å². The van der Waals surface area contributed by atoms with Gasteiger partial charge in [0.25, 0.3) is 10.0 Å². The molecule has 0 unspecified atom stereocenters. The molecule has 7 nitrogen and oxygen atoms in total. The van der Waals surface area contributed by atoms with E-state index in [0.717, 1.165) is 11.3 Å². The quantitative estimate of drug-likeness (QED) is 0.866. The molecule has 1 atom stereocenters. The Balaban J connectivity index is 1.67. The molecule has 2 aliphatic rings. The van der Waals surface area contributed by atoms with Crippen LogP contribution in [0.5, 0.6) is 0 Å². The van der Waals surface area contributed by atoms with Crippen LogP contribution in [0.4, 0.5) is 11.4 Å². The van der Waals surface area contributed by atoms with E-state index in [0.29, 0.717) is 30.8 Å². The van der Waals surface area contributed by atoms with Gasteiger partial charge in [0.15, 0.2) is 0 Å². The van der Waals surface area contributed by atoms with Crippen LogP contribution < -0.4 is 10.2 Å². The molecule has 26 heavy (non-hydrogen) atoms. The van der Waals surface area contributed by atoms with Crippen molar-refractivity contribution < 1.29 is 18.0 Å². The molecule has 2 amide bonds. The number of thiophene rings is 1. The minimum absolute atomic E-state index is 0.112. The summed E-state index contributed by atoms with van der Waals surface area (Å²) >= 11 is 1.14. The minimum atomic E-state index is -3.72. The fourth-order valence-electron chi connectivity index (χ4n) is 3.41. The Hall–Kier alpha value is -2.23. The van der Waals surface area contributed by atoms with Crippen LogP contribution >= 0.6 is 11.3 Å². The number of nitrogens with one attached hydrogen (secondary N) is 1. The molecule has 1 aromatic heterocycles. The second-order valence-electron chi connectivity index (χ2n) is 6.20. The van der Waals surface area contributed by atoms with Crippen molar-refractivity contribution in [3.63, 3.8) is 0 Å². The molecule has 2 aliphatic heterocycles. The summed E-state index contributed by atoms with van der Waals surface area (Å²) in [6.45, 7) is 0.192. The van der Waals surface area contributed by atoms with E-state index in [4.69, 9.17) is 0 Å². The lowest BCUT2D eigenvalue weighted by molar-refractivity contribution is -0.124. The first-order chi connectivity index (χ1) is 12.5. The molecule has 3 heterocycles. The van der Waals surface area contributed by atoms with Crippen LogP contribution in [0, 0.1) is 0 Å². The number of hydrogen-bond donors (Lipinski definition) is 1. The molecular formula is C17H17N3O4S2. The molecule has 0 bridgehead atoms. The van der Waals surface area contributed by atoms with Crippen molar-refractivity contribution in [1.29, 1.82) is 0 Å². The molecule has 2 aromatic rings. The molecule has 136 valence electrons. The number of anilines is 2. The van der Waals surface area contributed by atoms with Gasteiger partial charge in [0.2, 0.25) is 11.8 Å². The van der Waals surface area contributed by atoms with Crippen LogP contribution in [0.1, 0.15) is 12.8 Å². The van der Waals surface area contributed by atoms with E-state index in [-0.39, 0.29) is 22.6 Å². The number of sulfonamides is 1. The number of nitrogens with zero attached hydrogens (tertiary/aromatic N) is 2. The Bertz CT molecular complexity index is 956. The Labute approximate surface area is 155 Å². The molecule has 1 fully saturated rings. The van der Waals surface area contributed by atoms with E-state index < -0.39 is 16.1 Å². The Kier molecular flexibility index (Phi) is 4.29. The zero-order valence-electron chi connectivity index (χ0n) is 13.8. The molecule has 1 saturated heterocycles. The fourth-order valence-corrected chi connectivity index (χ4v) is 6.18. The fraction of sp³-hybridized carbons (Fsp3) is 0.294. The molecule has 4 rings (SSSR count). The summed E-state index contributed by atoms with van der Waals surface area (Å²) in [6, 6.07) is 9.46. The summed E-state index contributed by atoms with van der Waals surface area (Å²) in [4.78, 5) is 26.6. The molecule has 1 aromatic carbocycles. The Morgan fingerprint density at radius 2 is 2.00 bits per heavy atom. The SMILES string of the molecule is O=C1CN(C(=O)[C@H]2CCCN2S(=O)(=O)c2cccs2)c2ccccc2N1. The van der Waals surface area contributed by atoms with Gasteiger partial charge < -0.3 is 5.32 Å². The van der Waals surface area contributed by atoms with E-state index in [1.54, 1.807) is 41.8 Å². The number of carbonyl (C=O) groups is 2. The van der Waals surface area contributed by atoms with Gasteiger partial charge in [0.1, 0.15) is 16.8 Å². The van der Waals surface area contributed by atoms with Crippen molar-refractivity contribution in [3.8, 4) is 0 Å². The minimum Gasteiger partial charge on any atom is -0.323 e. The molecular weight excluding hydrogens is 374 g/mol. The van der Waals surface area contributed by atoms with Crippen LogP contribution in [-0.2, 0) is 19.6 Å². The average Bonchev–Trinajstić information content (AvgIpc) is 3.32. The Morgan fingerprint density at radius 1 is 1.19 bits per heavy atom. The van der Waals surface area contributed by atoms with Crippen LogP contribution in [-0.4, -0.2) is 43.7 Å². The molecule has 0 saturated carbocycles. The number of benzene rings is 1. The summed E-state index contributed by atoms with van der Waals surface area (Å²) < 4.78 is 27.3. The van der Waals surface area contributed by atoms with Crippen molar-refractivity contribution in [2.24, 2.45) is 0 Å². The van der Waals surface area contributed by atoms with Crippen molar-refractivity contribution in [2.45, 2.75) is 23.1 Å². The van der Waals surface area contributed by atoms with Gasteiger partial charge >= 0.3 is 0 Å². The van der Waals surface area contributed by atoms with Crippen LogP contribution in [0.25, 0.3) is 0 Å². The second kappa shape index (κ2) is 6.49. The number of amides is 2. The van der Waals surface area contributed by atoms with Gasteiger partial charge in [-0.2, -0.15) is 4.31 Å². The molecule has 1 N–H and O–H groups in total. The van der Waals surface area contributed by atoms with Gasteiger partial charge in [0, 0.05) is 6.54 Å². The van der Waals surface area contributed by atoms with Gasteiger partial charge in [-0.25, -0.2) is 8.42 Å². The zero-order valence-corrected chi connectivity index (χ0v) is 15.4. The van der Waals surface area contributed by atoms with Gasteiger partial charge in [0.05, 0.1) is 11.4 Å². The third-order valence-corrected chi connectivity index (χ3v) is 7.86. The first-order valence-corrected chi connectivity index (χ1v) is 10.6. The highest BCUT2D eigenvalue weighted by atomic mass is 32.2. The standard InChI is InChI=1S/C17H17N3O4S2/c21-15-11-19(13-6-2-1-5-12(13)18-15)17(22)14-7-3-9-20(14)26(23,24)16-8-4-10-25-16/h1-2,4-6,8,10,14H,3,7,9,11H2,(H,18,21)/t14-/m1/s1. The maximum Gasteiger partial charge on any atom is 0.253 e. The summed E-state index contributed by atoms with van der Waals surface area (Å²) in [5.41, 5.74) is 1.15. The number of rotatable bonds is 3. The Morgan fingerprint density at radius 3 is 2.77 bits per heavy atom. The maximum atomic E-state index is 13.2. The molecule has 0 spiro atoms. The third kappa shape index (κ3) is 2.81. The maximum absolute atomic E-state index is 13.2. The number of hydrogen-bond acceptors (Lipinski definition) is 5. The smallest absolute Gasteiger partial charge is 0.253 e. The predicted octanol–water partition coefficient (Wildman–Crippen LogP) is 1.89. The predicted molar refractivity (Wildman–Crippen MR) is 98.7 cm³/mol. The van der Waals surface area contributed by atoms with Gasteiger partial charge in [-0.3, -0.25) is 14.5 Å². The van der Waals surface area contributed by atoms with Crippen LogP contribution in [0.15, 0.2) is 46.0 Å². The largest absolute Gasteiger partial charge is 0.323 e. The highest BCUT2D eigenvalue weighted by molar-refractivity contribution is 7.91. The van der Waals surface area contributed by atoms with Crippen molar-refractivity contribution in [1.82, 2.24) is 4.31 Å². The number of carbonyl (C=O) groups excluding carboxylic acids is 2. The summed E-state index contributed by atoms with van der Waals surface area (Å²) in [7, 11) is -3.72. The summed E-state index contributed by atoms with van der Waals surface area (Å²) in [5, 5.41) is 4.44. The molecule has 0 radical (unpaired) electrons. The summed E-state index contributed by atoms with van der Waals surface area (Å²) in [6.07, 6.45) is 1.06. The highest BCUT2D eigenvalue weighted by Crippen LogP contribution is 2.33. The van der Waals surface area contributed by atoms with Gasteiger partial charge in [-0.1, -0.05) is 18.2 Å². The van der Waals surface area contributed by atoms with Crippen molar-refractivity contribution in [3.05, 3.63) is 41.8 Å². The topological polar surface area (TPSA) is 86.8 Å². The second-order valence-corrected chi connectivity index (χ2v) is 9.26. The summed E-state index contributed by atoms with van der Waals surface area (Å²) in [5.74, 6) is -0.646. The third-order valence-electron chi connectivity index (χ3n) is 4.58. The van der Waals surface area contributed by atoms with Gasteiger partial charge in [-0.05, 0) is 36.4 Å². The molecule has 9 heteroatoms. The normalized spacial score (nSPS) is 20.7. The lowest BCUT2D eigenvalue weighted by atomic mass is 10.1. The lowest BCUT2D eigenvalue weighted by Crippen LogP contribution is -2.51. The van der Waals surface area contributed by atoms with E-state index >= 15 is 0 Å².